The van der Waals surface area contributed by atoms with Gasteiger partial charge in [0.15, 0.2) is 0 Å². The van der Waals surface area contributed by atoms with Gasteiger partial charge < -0.3 is 4.57 Å². The monoisotopic (exact) mass is 222 g/mol. The van der Waals surface area contributed by atoms with Gasteiger partial charge in [0.05, 0.1) is 18.1 Å². The molecule has 1 heterocycles. The fraction of sp³-hybridized carbons (Fsp3) is 0.750. The third-order valence-electron chi connectivity index (χ3n) is 3.75. The summed E-state index contributed by atoms with van der Waals surface area (Å²) in [7, 11) is 1.99. The van der Waals surface area contributed by atoms with Crippen molar-refractivity contribution in [3.05, 3.63) is 18.2 Å². The molecule has 16 heavy (non-hydrogen) atoms. The molecule has 4 nitrogen and oxygen atoms in total. The average molecular weight is 222 g/mol. The minimum Gasteiger partial charge on any atom is -0.340 e. The Morgan fingerprint density at radius 2 is 2.12 bits per heavy atom. The molecule has 2 rings (SSSR count). The predicted molar refractivity (Wildman–Crippen MR) is 64.4 cm³/mol. The Morgan fingerprint density at radius 3 is 2.62 bits per heavy atom. The average Bonchev–Trinajstić information content (AvgIpc) is 2.69. The zero-order valence-electron chi connectivity index (χ0n) is 10.2. The van der Waals surface area contributed by atoms with Crippen molar-refractivity contribution in [1.29, 1.82) is 0 Å². The highest BCUT2D eigenvalue weighted by Crippen LogP contribution is 2.35. The maximum atomic E-state index is 5.68. The van der Waals surface area contributed by atoms with E-state index in [9.17, 15) is 0 Å². The Bertz CT molecular complexity index is 326. The number of nitrogens with two attached hydrogens (primary N) is 1. The Kier molecular flexibility index (Phi) is 3.61. The molecule has 1 saturated carbocycles. The lowest BCUT2D eigenvalue weighted by atomic mass is 9.78. The van der Waals surface area contributed by atoms with Gasteiger partial charge in [0, 0.05) is 13.2 Å². The first-order valence-corrected chi connectivity index (χ1v) is 6.14. The van der Waals surface area contributed by atoms with Crippen molar-refractivity contribution in [3.8, 4) is 0 Å². The molecule has 1 unspecified atom stereocenters. The van der Waals surface area contributed by atoms with Gasteiger partial charge in [-0.05, 0) is 24.7 Å². The van der Waals surface area contributed by atoms with Crippen LogP contribution in [-0.4, -0.2) is 9.55 Å². The second kappa shape index (κ2) is 4.97. The van der Waals surface area contributed by atoms with Gasteiger partial charge in [0.1, 0.15) is 0 Å². The molecule has 1 aromatic rings. The molecule has 1 aliphatic carbocycles. The maximum Gasteiger partial charge on any atom is 0.0947 e. The summed E-state index contributed by atoms with van der Waals surface area (Å²) in [4.78, 5) is 4.40. The van der Waals surface area contributed by atoms with Crippen molar-refractivity contribution < 1.29 is 0 Å². The first kappa shape index (κ1) is 11.6. The molecule has 3 N–H and O–H groups in total. The number of nitrogens with one attached hydrogen (secondary N) is 1. The van der Waals surface area contributed by atoms with Gasteiger partial charge in [0.25, 0.3) is 0 Å². The quantitative estimate of drug-likeness (QED) is 0.605. The summed E-state index contributed by atoms with van der Waals surface area (Å²) in [5.74, 6) is 7.19. The highest BCUT2D eigenvalue weighted by Gasteiger charge is 2.27. The largest absolute Gasteiger partial charge is 0.340 e. The van der Waals surface area contributed by atoms with Crippen LogP contribution in [-0.2, 0) is 7.05 Å². The summed E-state index contributed by atoms with van der Waals surface area (Å²) in [6.07, 6.45) is 9.04. The highest BCUT2D eigenvalue weighted by molar-refractivity contribution is 5.05. The molecule has 1 fully saturated rings. The lowest BCUT2D eigenvalue weighted by Gasteiger charge is -2.31. The van der Waals surface area contributed by atoms with E-state index in [4.69, 9.17) is 5.84 Å². The van der Waals surface area contributed by atoms with Crippen LogP contribution in [0.25, 0.3) is 0 Å². The van der Waals surface area contributed by atoms with Gasteiger partial charge in [-0.25, -0.2) is 4.98 Å². The van der Waals surface area contributed by atoms with E-state index in [0.717, 1.165) is 11.6 Å². The smallest absolute Gasteiger partial charge is 0.0947 e. The summed E-state index contributed by atoms with van der Waals surface area (Å²) in [5.41, 5.74) is 4.01. The van der Waals surface area contributed by atoms with E-state index in [1.54, 1.807) is 0 Å². The zero-order valence-corrected chi connectivity index (χ0v) is 10.2. The molecule has 1 aliphatic rings. The van der Waals surface area contributed by atoms with Crippen LogP contribution in [0.3, 0.4) is 0 Å². The number of nitrogens with zero attached hydrogens (tertiary/aromatic N) is 2. The van der Waals surface area contributed by atoms with E-state index in [0.29, 0.717) is 5.92 Å². The molecular weight excluding hydrogens is 200 g/mol. The van der Waals surface area contributed by atoms with Crippen molar-refractivity contribution in [2.24, 2.45) is 24.7 Å². The van der Waals surface area contributed by atoms with Crippen molar-refractivity contribution in [2.45, 2.75) is 38.6 Å². The molecule has 0 amide bonds. The molecule has 0 bridgehead atoms. The van der Waals surface area contributed by atoms with Crippen LogP contribution in [0.4, 0.5) is 0 Å². The van der Waals surface area contributed by atoms with Gasteiger partial charge in [-0.3, -0.25) is 11.3 Å². The van der Waals surface area contributed by atoms with Crippen molar-refractivity contribution in [2.75, 3.05) is 0 Å². The Hall–Kier alpha value is -0.870. The number of hydrazine groups is 1. The molecule has 0 saturated heterocycles. The van der Waals surface area contributed by atoms with Gasteiger partial charge in [0.2, 0.25) is 0 Å². The first-order valence-electron chi connectivity index (χ1n) is 6.14. The summed E-state index contributed by atoms with van der Waals surface area (Å²) in [6.45, 7) is 2.34. The van der Waals surface area contributed by atoms with Crippen LogP contribution in [0.5, 0.6) is 0 Å². The number of hydrogen-bond acceptors (Lipinski definition) is 3. The number of aryl methyl sites for hydroxylation is 1. The van der Waals surface area contributed by atoms with E-state index in [1.165, 1.54) is 25.7 Å². The molecule has 0 spiro atoms. The third kappa shape index (κ3) is 2.44. The minimum atomic E-state index is 0.216. The van der Waals surface area contributed by atoms with Crippen molar-refractivity contribution in [3.63, 3.8) is 0 Å². The van der Waals surface area contributed by atoms with Crippen LogP contribution in [0.15, 0.2) is 12.5 Å². The van der Waals surface area contributed by atoms with E-state index in [1.807, 2.05) is 17.9 Å². The number of aromatic nitrogens is 2. The molecule has 0 radical (unpaired) electrons. The minimum absolute atomic E-state index is 0.216. The standard InChI is InChI=1S/C12H22N4/c1-9-3-5-10(6-4-9)12(15-13)11-7-16(2)8-14-11/h7-10,12,15H,3-6,13H2,1-2H3. The molecule has 90 valence electrons. The number of rotatable bonds is 3. The first-order chi connectivity index (χ1) is 7.70. The fourth-order valence-electron chi connectivity index (χ4n) is 2.68. The van der Waals surface area contributed by atoms with Crippen molar-refractivity contribution in [1.82, 2.24) is 15.0 Å². The van der Waals surface area contributed by atoms with Gasteiger partial charge in [-0.15, -0.1) is 0 Å². The Labute approximate surface area is 97.2 Å². The molecule has 1 aromatic heterocycles. The van der Waals surface area contributed by atoms with E-state index in [-0.39, 0.29) is 6.04 Å². The van der Waals surface area contributed by atoms with Gasteiger partial charge >= 0.3 is 0 Å². The summed E-state index contributed by atoms with van der Waals surface area (Å²) in [5, 5.41) is 0. The van der Waals surface area contributed by atoms with Gasteiger partial charge in [-0.2, -0.15) is 0 Å². The molecule has 4 heteroatoms. The second-order valence-electron chi connectivity index (χ2n) is 5.13. The van der Waals surface area contributed by atoms with Crippen LogP contribution in [0.1, 0.15) is 44.3 Å². The van der Waals surface area contributed by atoms with Crippen LogP contribution in [0, 0.1) is 11.8 Å². The lowest BCUT2D eigenvalue weighted by Crippen LogP contribution is -2.35. The lowest BCUT2D eigenvalue weighted by molar-refractivity contribution is 0.230. The van der Waals surface area contributed by atoms with Crippen LogP contribution < -0.4 is 11.3 Å². The SMILES string of the molecule is CC1CCC(C(NN)c2cn(C)cn2)CC1. The fourth-order valence-corrected chi connectivity index (χ4v) is 2.68. The maximum absolute atomic E-state index is 5.68. The normalized spacial score (nSPS) is 27.9. The summed E-state index contributed by atoms with van der Waals surface area (Å²) in [6, 6.07) is 0.216. The number of hydrogen-bond donors (Lipinski definition) is 2. The molecular formula is C12H22N4. The van der Waals surface area contributed by atoms with Crippen LogP contribution in [0.2, 0.25) is 0 Å². The van der Waals surface area contributed by atoms with E-state index in [2.05, 4.69) is 23.5 Å². The van der Waals surface area contributed by atoms with E-state index < -0.39 is 0 Å². The van der Waals surface area contributed by atoms with Gasteiger partial charge in [-0.1, -0.05) is 19.8 Å². The summed E-state index contributed by atoms with van der Waals surface area (Å²) >= 11 is 0. The zero-order chi connectivity index (χ0) is 11.5. The Morgan fingerprint density at radius 1 is 1.44 bits per heavy atom. The molecule has 0 aromatic carbocycles. The summed E-state index contributed by atoms with van der Waals surface area (Å²) < 4.78 is 1.98. The third-order valence-corrected chi connectivity index (χ3v) is 3.75. The number of imidazole rings is 1. The van der Waals surface area contributed by atoms with E-state index >= 15 is 0 Å². The predicted octanol–water partition coefficient (Wildman–Crippen LogP) is 1.75. The van der Waals surface area contributed by atoms with Crippen molar-refractivity contribution >= 4 is 0 Å². The highest BCUT2D eigenvalue weighted by atomic mass is 15.2. The topological polar surface area (TPSA) is 55.9 Å². The molecule has 0 aliphatic heterocycles. The Balaban J connectivity index is 2.05. The van der Waals surface area contributed by atoms with Crippen LogP contribution >= 0.6 is 0 Å². The molecule has 1 atom stereocenters. The second-order valence-corrected chi connectivity index (χ2v) is 5.13.